The summed E-state index contributed by atoms with van der Waals surface area (Å²) in [6.45, 7) is 8.77. The van der Waals surface area contributed by atoms with E-state index in [0.29, 0.717) is 0 Å². The standard InChI is InChI=1S/C11H19N3S/c1-3-12-6-10-7-13-11(15-10)14-5-4-9(2)8-14/h7,9,12H,3-6,8H2,1-2H3. The maximum atomic E-state index is 4.49. The van der Waals surface area contributed by atoms with Gasteiger partial charge in [0.2, 0.25) is 0 Å². The van der Waals surface area contributed by atoms with Crippen LogP contribution in [0.5, 0.6) is 0 Å². The number of rotatable bonds is 4. The van der Waals surface area contributed by atoms with E-state index in [9.17, 15) is 0 Å². The fourth-order valence-electron chi connectivity index (χ4n) is 1.88. The van der Waals surface area contributed by atoms with Crippen molar-refractivity contribution in [2.24, 2.45) is 5.92 Å². The van der Waals surface area contributed by atoms with Gasteiger partial charge in [-0.05, 0) is 18.9 Å². The lowest BCUT2D eigenvalue weighted by molar-refractivity contribution is 0.659. The summed E-state index contributed by atoms with van der Waals surface area (Å²) in [6.07, 6.45) is 3.31. The Morgan fingerprint density at radius 3 is 3.20 bits per heavy atom. The zero-order valence-corrected chi connectivity index (χ0v) is 10.3. The zero-order valence-electron chi connectivity index (χ0n) is 9.49. The molecule has 0 bridgehead atoms. The van der Waals surface area contributed by atoms with Crippen LogP contribution in [0, 0.1) is 5.92 Å². The Morgan fingerprint density at radius 2 is 2.53 bits per heavy atom. The summed E-state index contributed by atoms with van der Waals surface area (Å²) in [4.78, 5) is 8.24. The summed E-state index contributed by atoms with van der Waals surface area (Å²) in [7, 11) is 0. The molecular formula is C11H19N3S. The van der Waals surface area contributed by atoms with E-state index in [1.165, 1.54) is 29.5 Å². The van der Waals surface area contributed by atoms with Crippen molar-refractivity contribution in [3.8, 4) is 0 Å². The molecule has 2 rings (SSSR count). The van der Waals surface area contributed by atoms with Gasteiger partial charge in [-0.1, -0.05) is 13.8 Å². The van der Waals surface area contributed by atoms with Crippen molar-refractivity contribution in [2.45, 2.75) is 26.8 Å². The normalized spacial score (nSPS) is 21.2. The molecule has 0 aliphatic carbocycles. The van der Waals surface area contributed by atoms with Crippen molar-refractivity contribution < 1.29 is 0 Å². The summed E-state index contributed by atoms with van der Waals surface area (Å²) in [6, 6.07) is 0. The summed E-state index contributed by atoms with van der Waals surface area (Å²) in [5.74, 6) is 0.825. The number of nitrogens with zero attached hydrogens (tertiary/aromatic N) is 2. The van der Waals surface area contributed by atoms with E-state index in [0.717, 1.165) is 19.0 Å². The number of anilines is 1. The van der Waals surface area contributed by atoms with E-state index in [1.54, 1.807) is 0 Å². The van der Waals surface area contributed by atoms with Gasteiger partial charge in [0.25, 0.3) is 0 Å². The van der Waals surface area contributed by atoms with Gasteiger partial charge < -0.3 is 10.2 Å². The van der Waals surface area contributed by atoms with Crippen molar-refractivity contribution in [3.63, 3.8) is 0 Å². The van der Waals surface area contributed by atoms with Gasteiger partial charge in [-0.3, -0.25) is 0 Å². The fraction of sp³-hybridized carbons (Fsp3) is 0.727. The molecule has 1 aromatic rings. The predicted molar refractivity (Wildman–Crippen MR) is 65.5 cm³/mol. The second-order valence-electron chi connectivity index (χ2n) is 4.23. The first-order valence-corrected chi connectivity index (χ1v) is 6.51. The van der Waals surface area contributed by atoms with E-state index < -0.39 is 0 Å². The van der Waals surface area contributed by atoms with Crippen LogP contribution in [0.25, 0.3) is 0 Å². The SMILES string of the molecule is CCNCc1cnc(N2CCC(C)C2)s1. The van der Waals surface area contributed by atoms with Crippen LogP contribution in [-0.2, 0) is 6.54 Å². The highest BCUT2D eigenvalue weighted by molar-refractivity contribution is 7.15. The summed E-state index contributed by atoms with van der Waals surface area (Å²) in [5.41, 5.74) is 0. The van der Waals surface area contributed by atoms with Crippen molar-refractivity contribution in [1.82, 2.24) is 10.3 Å². The van der Waals surface area contributed by atoms with Gasteiger partial charge >= 0.3 is 0 Å². The minimum atomic E-state index is 0.825. The van der Waals surface area contributed by atoms with Crippen LogP contribution in [0.1, 0.15) is 25.1 Å². The molecule has 1 aliphatic heterocycles. The molecule has 2 heterocycles. The third-order valence-electron chi connectivity index (χ3n) is 2.78. The molecule has 0 aromatic carbocycles. The Labute approximate surface area is 95.5 Å². The lowest BCUT2D eigenvalue weighted by atomic mass is 10.2. The third-order valence-corrected chi connectivity index (χ3v) is 3.84. The molecule has 0 saturated carbocycles. The number of thiazole rings is 1. The average molecular weight is 225 g/mol. The van der Waals surface area contributed by atoms with Crippen LogP contribution in [-0.4, -0.2) is 24.6 Å². The highest BCUT2D eigenvalue weighted by Crippen LogP contribution is 2.27. The van der Waals surface area contributed by atoms with Crippen molar-refractivity contribution in [3.05, 3.63) is 11.1 Å². The molecule has 15 heavy (non-hydrogen) atoms. The first-order valence-electron chi connectivity index (χ1n) is 5.70. The Balaban J connectivity index is 1.94. The largest absolute Gasteiger partial charge is 0.348 e. The van der Waals surface area contributed by atoms with Gasteiger partial charge in [0.05, 0.1) is 0 Å². The number of hydrogen-bond donors (Lipinski definition) is 1. The van der Waals surface area contributed by atoms with Crippen LogP contribution in [0.4, 0.5) is 5.13 Å². The zero-order chi connectivity index (χ0) is 10.7. The quantitative estimate of drug-likeness (QED) is 0.850. The highest BCUT2D eigenvalue weighted by atomic mass is 32.1. The third kappa shape index (κ3) is 2.69. The molecule has 0 radical (unpaired) electrons. The second kappa shape index (κ2) is 4.94. The minimum Gasteiger partial charge on any atom is -0.348 e. The molecule has 1 aliphatic rings. The molecule has 0 amide bonds. The highest BCUT2D eigenvalue weighted by Gasteiger charge is 2.20. The molecule has 1 fully saturated rings. The predicted octanol–water partition coefficient (Wildman–Crippen LogP) is 2.10. The first-order chi connectivity index (χ1) is 7.29. The van der Waals surface area contributed by atoms with Crippen molar-refractivity contribution >= 4 is 16.5 Å². The van der Waals surface area contributed by atoms with E-state index >= 15 is 0 Å². The van der Waals surface area contributed by atoms with E-state index in [1.807, 2.05) is 17.5 Å². The Bertz CT molecular complexity index is 311. The van der Waals surface area contributed by atoms with E-state index in [4.69, 9.17) is 0 Å². The number of aromatic nitrogens is 1. The molecule has 4 heteroatoms. The average Bonchev–Trinajstić information content (AvgIpc) is 2.83. The molecule has 0 spiro atoms. The topological polar surface area (TPSA) is 28.2 Å². The van der Waals surface area contributed by atoms with Gasteiger partial charge in [0, 0.05) is 30.7 Å². The van der Waals surface area contributed by atoms with Gasteiger partial charge in [-0.15, -0.1) is 11.3 Å². The minimum absolute atomic E-state index is 0.825. The van der Waals surface area contributed by atoms with Crippen molar-refractivity contribution in [1.29, 1.82) is 0 Å². The summed E-state index contributed by atoms with van der Waals surface area (Å²) >= 11 is 1.82. The second-order valence-corrected chi connectivity index (χ2v) is 5.32. The Kier molecular flexibility index (Phi) is 3.59. The van der Waals surface area contributed by atoms with E-state index in [-0.39, 0.29) is 0 Å². The Hall–Kier alpha value is -0.610. The fourth-order valence-corrected chi connectivity index (χ4v) is 2.80. The number of hydrogen-bond acceptors (Lipinski definition) is 4. The maximum Gasteiger partial charge on any atom is 0.185 e. The smallest absolute Gasteiger partial charge is 0.185 e. The lowest BCUT2D eigenvalue weighted by Gasteiger charge is -2.13. The van der Waals surface area contributed by atoms with Crippen molar-refractivity contribution in [2.75, 3.05) is 24.5 Å². The summed E-state index contributed by atoms with van der Waals surface area (Å²) in [5, 5.41) is 4.53. The Morgan fingerprint density at radius 1 is 1.67 bits per heavy atom. The molecule has 1 aromatic heterocycles. The molecule has 1 unspecified atom stereocenters. The molecule has 1 saturated heterocycles. The maximum absolute atomic E-state index is 4.49. The lowest BCUT2D eigenvalue weighted by Crippen LogP contribution is -2.18. The first kappa shape index (κ1) is 10.9. The molecule has 1 N–H and O–H groups in total. The van der Waals surface area contributed by atoms with Gasteiger partial charge in [0.1, 0.15) is 0 Å². The molecular weight excluding hydrogens is 206 g/mol. The van der Waals surface area contributed by atoms with Crippen LogP contribution < -0.4 is 10.2 Å². The molecule has 84 valence electrons. The van der Waals surface area contributed by atoms with Gasteiger partial charge in [-0.25, -0.2) is 4.98 Å². The van der Waals surface area contributed by atoms with E-state index in [2.05, 4.69) is 29.0 Å². The van der Waals surface area contributed by atoms with Crippen LogP contribution in [0.2, 0.25) is 0 Å². The van der Waals surface area contributed by atoms with Crippen LogP contribution in [0.15, 0.2) is 6.20 Å². The number of nitrogens with one attached hydrogen (secondary N) is 1. The van der Waals surface area contributed by atoms with Gasteiger partial charge in [-0.2, -0.15) is 0 Å². The summed E-state index contributed by atoms with van der Waals surface area (Å²) < 4.78 is 0. The van der Waals surface area contributed by atoms with Crippen LogP contribution in [0.3, 0.4) is 0 Å². The molecule has 1 atom stereocenters. The molecule has 3 nitrogen and oxygen atoms in total. The van der Waals surface area contributed by atoms with Gasteiger partial charge in [0.15, 0.2) is 5.13 Å². The monoisotopic (exact) mass is 225 g/mol. The van der Waals surface area contributed by atoms with Crippen LogP contribution >= 0.6 is 11.3 Å².